The largest absolute Gasteiger partial charge is 0.493 e. The molecule has 33 heavy (non-hydrogen) atoms. The van der Waals surface area contributed by atoms with Crippen LogP contribution >= 0.6 is 0 Å². The highest BCUT2D eigenvalue weighted by Gasteiger charge is 2.40. The van der Waals surface area contributed by atoms with Gasteiger partial charge in [0, 0.05) is 29.8 Å². The molecule has 2 aromatic rings. The third-order valence-electron chi connectivity index (χ3n) is 5.69. The Bertz CT molecular complexity index is 1140. The molecule has 1 atom stereocenters. The van der Waals surface area contributed by atoms with Gasteiger partial charge in [-0.05, 0) is 6.07 Å². The summed E-state index contributed by atoms with van der Waals surface area (Å²) in [5, 5.41) is 17.3. The number of para-hydroxylation sites is 1. The minimum Gasteiger partial charge on any atom is -0.493 e. The van der Waals surface area contributed by atoms with Gasteiger partial charge in [-0.3, -0.25) is 5.10 Å². The van der Waals surface area contributed by atoms with Gasteiger partial charge < -0.3 is 29.6 Å². The van der Waals surface area contributed by atoms with E-state index in [2.05, 4.69) is 16.3 Å². The number of amides is 1. The number of benzene rings is 1. The fourth-order valence-corrected chi connectivity index (χ4v) is 4.06. The van der Waals surface area contributed by atoms with Gasteiger partial charge in [0.15, 0.2) is 11.5 Å². The topological polar surface area (TPSA) is 136 Å². The summed E-state index contributed by atoms with van der Waals surface area (Å²) in [6.45, 7) is 7.81. The maximum atomic E-state index is 13.0. The number of aromatic amines is 1. The Labute approximate surface area is 191 Å². The summed E-state index contributed by atoms with van der Waals surface area (Å²) >= 11 is 0. The Morgan fingerprint density at radius 3 is 2.70 bits per heavy atom. The van der Waals surface area contributed by atoms with Crippen LogP contribution in [0.5, 0.6) is 17.4 Å². The molecule has 0 unspecified atom stereocenters. The van der Waals surface area contributed by atoms with E-state index in [1.807, 2.05) is 20.8 Å². The standard InChI is InChI=1S/C23H27N5O5/c1-23(2,3)19-17-16(14(12-24)20(25)33-21(17)27-26-19)13-6-5-7-15(30-4)18(13)32-22(29)28-8-10-31-11-9-28/h5-7,16H,8-11,25H2,1-4H3,(H,26,27)/t16-/m0/s1. The summed E-state index contributed by atoms with van der Waals surface area (Å²) in [5.41, 5.74) is 7.98. The molecule has 0 spiro atoms. The highest BCUT2D eigenvalue weighted by molar-refractivity contribution is 5.74. The van der Waals surface area contributed by atoms with Gasteiger partial charge in [-0.1, -0.05) is 32.9 Å². The molecule has 1 fully saturated rings. The molecule has 2 aliphatic heterocycles. The van der Waals surface area contributed by atoms with Crippen molar-refractivity contribution in [3.63, 3.8) is 0 Å². The van der Waals surface area contributed by atoms with Crippen molar-refractivity contribution in [2.24, 2.45) is 5.73 Å². The van der Waals surface area contributed by atoms with Gasteiger partial charge in [0.2, 0.25) is 11.8 Å². The number of fused-ring (bicyclic) bond motifs is 1. The lowest BCUT2D eigenvalue weighted by atomic mass is 9.78. The number of allylic oxidation sites excluding steroid dienone is 1. The molecular weight excluding hydrogens is 426 g/mol. The summed E-state index contributed by atoms with van der Waals surface area (Å²) in [7, 11) is 1.49. The number of carbonyl (C=O) groups excluding carboxylic acids is 1. The van der Waals surface area contributed by atoms with E-state index in [0.29, 0.717) is 43.2 Å². The molecule has 0 saturated carbocycles. The van der Waals surface area contributed by atoms with Gasteiger partial charge in [0.25, 0.3) is 0 Å². The predicted molar refractivity (Wildman–Crippen MR) is 118 cm³/mol. The molecule has 4 rings (SSSR count). The van der Waals surface area contributed by atoms with Crippen molar-refractivity contribution in [3.05, 3.63) is 46.5 Å². The second kappa shape index (κ2) is 8.67. The van der Waals surface area contributed by atoms with Crippen LogP contribution in [0, 0.1) is 11.3 Å². The summed E-state index contributed by atoms with van der Waals surface area (Å²) in [6.07, 6.45) is -0.518. The molecule has 1 amide bonds. The summed E-state index contributed by atoms with van der Waals surface area (Å²) in [4.78, 5) is 14.5. The molecule has 3 N–H and O–H groups in total. The second-order valence-electron chi connectivity index (χ2n) is 8.84. The van der Waals surface area contributed by atoms with Gasteiger partial charge >= 0.3 is 6.09 Å². The molecule has 0 bridgehead atoms. The smallest absolute Gasteiger partial charge is 0.415 e. The normalized spacial score (nSPS) is 18.3. The minimum absolute atomic E-state index is 0.0461. The molecule has 1 saturated heterocycles. The van der Waals surface area contributed by atoms with Crippen LogP contribution in [-0.4, -0.2) is 54.6 Å². The van der Waals surface area contributed by atoms with Gasteiger partial charge in [0.1, 0.15) is 11.6 Å². The SMILES string of the molecule is COc1cccc([C@H]2C(C#N)=C(N)Oc3n[nH]c(C(C)(C)C)c32)c1OC(=O)N1CCOCC1. The maximum absolute atomic E-state index is 13.0. The number of rotatable bonds is 3. The first kappa shape index (κ1) is 22.5. The first-order chi connectivity index (χ1) is 15.8. The quantitative estimate of drug-likeness (QED) is 0.724. The van der Waals surface area contributed by atoms with Crippen LogP contribution in [0.25, 0.3) is 0 Å². The second-order valence-corrected chi connectivity index (χ2v) is 8.84. The number of hydrogen-bond acceptors (Lipinski definition) is 8. The van der Waals surface area contributed by atoms with Crippen LogP contribution in [0.2, 0.25) is 0 Å². The molecule has 2 aliphatic rings. The van der Waals surface area contributed by atoms with Crippen LogP contribution in [-0.2, 0) is 10.2 Å². The minimum atomic E-state index is -0.672. The van der Waals surface area contributed by atoms with E-state index in [1.54, 1.807) is 23.1 Å². The number of nitrogens with two attached hydrogens (primary N) is 1. The van der Waals surface area contributed by atoms with E-state index in [4.69, 9.17) is 24.7 Å². The Hall–Kier alpha value is -3.71. The fraction of sp³-hybridized carbons (Fsp3) is 0.435. The van der Waals surface area contributed by atoms with Crippen molar-refractivity contribution in [1.82, 2.24) is 15.1 Å². The average molecular weight is 453 g/mol. The number of hydrogen-bond donors (Lipinski definition) is 2. The molecule has 174 valence electrons. The van der Waals surface area contributed by atoms with Crippen molar-refractivity contribution in [1.29, 1.82) is 5.26 Å². The van der Waals surface area contributed by atoms with E-state index in [9.17, 15) is 10.1 Å². The van der Waals surface area contributed by atoms with Crippen LogP contribution in [0.3, 0.4) is 0 Å². The Morgan fingerprint density at radius 1 is 1.33 bits per heavy atom. The highest BCUT2D eigenvalue weighted by atomic mass is 16.6. The number of aromatic nitrogens is 2. The van der Waals surface area contributed by atoms with E-state index >= 15 is 0 Å². The van der Waals surface area contributed by atoms with E-state index < -0.39 is 12.0 Å². The van der Waals surface area contributed by atoms with Crippen molar-refractivity contribution in [2.75, 3.05) is 33.4 Å². The molecule has 3 heterocycles. The zero-order valence-electron chi connectivity index (χ0n) is 19.1. The maximum Gasteiger partial charge on any atom is 0.415 e. The van der Waals surface area contributed by atoms with Crippen molar-refractivity contribution < 1.29 is 23.7 Å². The predicted octanol–water partition coefficient (Wildman–Crippen LogP) is 2.76. The van der Waals surface area contributed by atoms with Gasteiger partial charge in [-0.2, -0.15) is 5.26 Å². The monoisotopic (exact) mass is 453 g/mol. The Balaban J connectivity index is 1.87. The average Bonchev–Trinajstić information content (AvgIpc) is 3.23. The zero-order valence-corrected chi connectivity index (χ0v) is 19.1. The van der Waals surface area contributed by atoms with E-state index in [0.717, 1.165) is 5.69 Å². The number of nitrogens with one attached hydrogen (secondary N) is 1. The number of carbonyl (C=O) groups is 1. The van der Waals surface area contributed by atoms with Gasteiger partial charge in [-0.15, -0.1) is 5.10 Å². The number of morpholine rings is 1. The lowest BCUT2D eigenvalue weighted by Crippen LogP contribution is -2.42. The number of nitriles is 1. The van der Waals surface area contributed by atoms with Crippen molar-refractivity contribution in [3.8, 4) is 23.4 Å². The molecule has 10 nitrogen and oxygen atoms in total. The van der Waals surface area contributed by atoms with Crippen molar-refractivity contribution >= 4 is 6.09 Å². The number of methoxy groups -OCH3 is 1. The Kier molecular flexibility index (Phi) is 5.91. The fourth-order valence-electron chi connectivity index (χ4n) is 4.06. The first-order valence-corrected chi connectivity index (χ1v) is 10.6. The molecule has 0 aliphatic carbocycles. The van der Waals surface area contributed by atoms with Crippen molar-refractivity contribution in [2.45, 2.75) is 32.1 Å². The van der Waals surface area contributed by atoms with Crippen LogP contribution in [0.4, 0.5) is 4.79 Å². The number of nitrogens with zero attached hydrogens (tertiary/aromatic N) is 3. The summed E-state index contributed by atoms with van der Waals surface area (Å²) in [5.74, 6) is 0.147. The van der Waals surface area contributed by atoms with E-state index in [1.165, 1.54) is 7.11 Å². The van der Waals surface area contributed by atoms with E-state index in [-0.39, 0.29) is 28.5 Å². The molecule has 1 aromatic carbocycles. The highest BCUT2D eigenvalue weighted by Crippen LogP contribution is 2.49. The third-order valence-corrected chi connectivity index (χ3v) is 5.69. The van der Waals surface area contributed by atoms with Gasteiger partial charge in [-0.25, -0.2) is 4.79 Å². The lowest BCUT2D eigenvalue weighted by molar-refractivity contribution is 0.0412. The first-order valence-electron chi connectivity index (χ1n) is 10.6. The van der Waals surface area contributed by atoms with Crippen LogP contribution in [0.1, 0.15) is 43.5 Å². The molecule has 0 radical (unpaired) electrons. The van der Waals surface area contributed by atoms with Crippen LogP contribution < -0.4 is 19.9 Å². The Morgan fingerprint density at radius 2 is 2.06 bits per heavy atom. The third kappa shape index (κ3) is 4.07. The molecule has 1 aromatic heterocycles. The van der Waals surface area contributed by atoms with Crippen LogP contribution in [0.15, 0.2) is 29.7 Å². The zero-order chi connectivity index (χ0) is 23.8. The molecule has 10 heteroatoms. The number of H-pyrrole nitrogens is 1. The summed E-state index contributed by atoms with van der Waals surface area (Å²) in [6, 6.07) is 7.43. The van der Waals surface area contributed by atoms with Gasteiger partial charge in [0.05, 0.1) is 31.8 Å². The number of ether oxygens (including phenoxy) is 4. The summed E-state index contributed by atoms with van der Waals surface area (Å²) < 4.78 is 22.4. The molecular formula is C23H27N5O5. The lowest BCUT2D eigenvalue weighted by Gasteiger charge is -2.30.